The summed E-state index contributed by atoms with van der Waals surface area (Å²) in [6, 6.07) is 2.88. The minimum absolute atomic E-state index is 0.00309. The minimum Gasteiger partial charge on any atom is -0.465 e. The number of hydrogen-bond acceptors (Lipinski definition) is 3. The maximum absolute atomic E-state index is 11.2. The van der Waals surface area contributed by atoms with Gasteiger partial charge in [0, 0.05) is 5.56 Å². The Morgan fingerprint density at radius 2 is 1.93 bits per heavy atom. The van der Waals surface area contributed by atoms with E-state index in [1.807, 2.05) is 0 Å². The van der Waals surface area contributed by atoms with Crippen LogP contribution in [0.5, 0.6) is 0 Å². The molecule has 0 saturated heterocycles. The number of ether oxygens (including phenoxy) is 1. The molecule has 0 aliphatic rings. The van der Waals surface area contributed by atoms with Gasteiger partial charge < -0.3 is 4.74 Å². The molecular weight excluding hydrogens is 227 g/mol. The maximum Gasteiger partial charge on any atom is 0.340 e. The standard InChI is InChI=1S/C9H6Cl2O3/c1-14-9(13)8-5(4-12)6(10)2-3-7(8)11/h2-4H,1H3. The average Bonchev–Trinajstić information content (AvgIpc) is 2.19. The molecular formula is C9H6Cl2O3. The third-order valence-electron chi connectivity index (χ3n) is 1.65. The molecule has 0 heterocycles. The molecule has 0 radical (unpaired) electrons. The van der Waals surface area contributed by atoms with Gasteiger partial charge in [0.1, 0.15) is 0 Å². The summed E-state index contributed by atoms with van der Waals surface area (Å²) in [5.74, 6) is -0.681. The van der Waals surface area contributed by atoms with Crippen LogP contribution in [0.4, 0.5) is 0 Å². The van der Waals surface area contributed by atoms with Crippen LogP contribution in [0.25, 0.3) is 0 Å². The van der Waals surface area contributed by atoms with Crippen LogP contribution >= 0.6 is 23.2 Å². The van der Waals surface area contributed by atoms with E-state index in [9.17, 15) is 9.59 Å². The monoisotopic (exact) mass is 232 g/mol. The van der Waals surface area contributed by atoms with Gasteiger partial charge in [0.2, 0.25) is 0 Å². The van der Waals surface area contributed by atoms with Gasteiger partial charge >= 0.3 is 5.97 Å². The normalized spacial score (nSPS) is 9.64. The van der Waals surface area contributed by atoms with Crippen molar-refractivity contribution in [3.05, 3.63) is 33.3 Å². The van der Waals surface area contributed by atoms with Crippen molar-refractivity contribution in [3.8, 4) is 0 Å². The van der Waals surface area contributed by atoms with Crippen molar-refractivity contribution < 1.29 is 14.3 Å². The molecule has 0 aromatic heterocycles. The van der Waals surface area contributed by atoms with E-state index in [1.54, 1.807) is 0 Å². The predicted molar refractivity (Wildman–Crippen MR) is 53.2 cm³/mol. The van der Waals surface area contributed by atoms with Crippen molar-refractivity contribution in [2.75, 3.05) is 7.11 Å². The van der Waals surface area contributed by atoms with Gasteiger partial charge in [0.15, 0.2) is 6.29 Å². The van der Waals surface area contributed by atoms with Crippen molar-refractivity contribution in [1.29, 1.82) is 0 Å². The first kappa shape index (κ1) is 11.0. The van der Waals surface area contributed by atoms with Gasteiger partial charge in [0.25, 0.3) is 0 Å². The molecule has 14 heavy (non-hydrogen) atoms. The van der Waals surface area contributed by atoms with Crippen LogP contribution in [-0.2, 0) is 4.74 Å². The van der Waals surface area contributed by atoms with Gasteiger partial charge in [0.05, 0.1) is 22.7 Å². The molecule has 0 atom stereocenters. The van der Waals surface area contributed by atoms with E-state index in [4.69, 9.17) is 23.2 Å². The number of hydrogen-bond donors (Lipinski definition) is 0. The van der Waals surface area contributed by atoms with Gasteiger partial charge in [-0.1, -0.05) is 23.2 Å². The van der Waals surface area contributed by atoms with E-state index in [2.05, 4.69) is 4.74 Å². The number of methoxy groups -OCH3 is 1. The fourth-order valence-electron chi connectivity index (χ4n) is 0.992. The van der Waals surface area contributed by atoms with Crippen LogP contribution in [0.15, 0.2) is 12.1 Å². The quantitative estimate of drug-likeness (QED) is 0.582. The number of esters is 1. The van der Waals surface area contributed by atoms with Crippen molar-refractivity contribution in [1.82, 2.24) is 0 Å². The summed E-state index contributed by atoms with van der Waals surface area (Å²) in [6.07, 6.45) is 0.473. The third-order valence-corrected chi connectivity index (χ3v) is 2.29. The second-order valence-electron chi connectivity index (χ2n) is 2.43. The number of carbonyl (C=O) groups excluding carboxylic acids is 2. The second-order valence-corrected chi connectivity index (χ2v) is 3.24. The average molecular weight is 233 g/mol. The summed E-state index contributed by atoms with van der Waals surface area (Å²) < 4.78 is 4.47. The van der Waals surface area contributed by atoms with Crippen molar-refractivity contribution >= 4 is 35.5 Å². The van der Waals surface area contributed by atoms with Crippen LogP contribution in [0, 0.1) is 0 Å². The number of aldehydes is 1. The van der Waals surface area contributed by atoms with Crippen LogP contribution in [0.2, 0.25) is 10.0 Å². The zero-order chi connectivity index (χ0) is 10.7. The highest BCUT2D eigenvalue weighted by atomic mass is 35.5. The lowest BCUT2D eigenvalue weighted by molar-refractivity contribution is 0.0598. The Bertz CT molecular complexity index is 388. The molecule has 0 aliphatic heterocycles. The van der Waals surface area contributed by atoms with E-state index in [0.29, 0.717) is 6.29 Å². The van der Waals surface area contributed by atoms with E-state index in [0.717, 1.165) is 0 Å². The highest BCUT2D eigenvalue weighted by Gasteiger charge is 2.18. The Kier molecular flexibility index (Phi) is 3.49. The van der Waals surface area contributed by atoms with Gasteiger partial charge in [-0.3, -0.25) is 4.79 Å². The summed E-state index contributed by atoms with van der Waals surface area (Å²) in [4.78, 5) is 21.9. The Hall–Kier alpha value is -1.06. The maximum atomic E-state index is 11.2. The Labute approximate surface area is 90.6 Å². The lowest BCUT2D eigenvalue weighted by Crippen LogP contribution is -2.06. The third kappa shape index (κ3) is 1.89. The summed E-state index contributed by atoms with van der Waals surface area (Å²) in [5, 5.41) is 0.313. The first-order valence-electron chi connectivity index (χ1n) is 3.63. The molecule has 0 aliphatic carbocycles. The Balaban J connectivity index is 3.44. The second kappa shape index (κ2) is 4.44. The topological polar surface area (TPSA) is 43.4 Å². The van der Waals surface area contributed by atoms with Crippen LogP contribution in [-0.4, -0.2) is 19.4 Å². The van der Waals surface area contributed by atoms with Crippen LogP contribution in [0.3, 0.4) is 0 Å². The molecule has 0 unspecified atom stereocenters. The van der Waals surface area contributed by atoms with E-state index < -0.39 is 5.97 Å². The van der Waals surface area contributed by atoms with Crippen molar-refractivity contribution in [2.24, 2.45) is 0 Å². The van der Waals surface area contributed by atoms with E-state index in [1.165, 1.54) is 19.2 Å². The Morgan fingerprint density at radius 1 is 1.36 bits per heavy atom. The molecule has 0 bridgehead atoms. The highest BCUT2D eigenvalue weighted by molar-refractivity contribution is 6.37. The van der Waals surface area contributed by atoms with Crippen molar-refractivity contribution in [3.63, 3.8) is 0 Å². The molecule has 0 spiro atoms. The molecule has 74 valence electrons. The molecule has 3 nitrogen and oxygen atoms in total. The summed E-state index contributed by atoms with van der Waals surface area (Å²) >= 11 is 11.4. The van der Waals surface area contributed by atoms with Crippen molar-refractivity contribution in [2.45, 2.75) is 0 Å². The lowest BCUT2D eigenvalue weighted by Gasteiger charge is -2.06. The molecule has 1 aromatic carbocycles. The number of benzene rings is 1. The lowest BCUT2D eigenvalue weighted by atomic mass is 10.1. The predicted octanol–water partition coefficient (Wildman–Crippen LogP) is 2.59. The molecule has 0 fully saturated rings. The highest BCUT2D eigenvalue weighted by Crippen LogP contribution is 2.26. The molecule has 0 N–H and O–H groups in total. The smallest absolute Gasteiger partial charge is 0.340 e. The van der Waals surface area contributed by atoms with Gasteiger partial charge in [-0.05, 0) is 12.1 Å². The fourth-order valence-corrected chi connectivity index (χ4v) is 1.44. The molecule has 0 amide bonds. The first-order valence-corrected chi connectivity index (χ1v) is 4.39. The molecule has 1 aromatic rings. The zero-order valence-corrected chi connectivity index (χ0v) is 8.72. The molecule has 1 rings (SSSR count). The Morgan fingerprint density at radius 3 is 2.43 bits per heavy atom. The molecule has 0 saturated carbocycles. The number of halogens is 2. The molecule has 5 heteroatoms. The van der Waals surface area contributed by atoms with E-state index in [-0.39, 0.29) is 21.2 Å². The number of carbonyl (C=O) groups is 2. The van der Waals surface area contributed by atoms with Crippen LogP contribution in [0.1, 0.15) is 20.7 Å². The van der Waals surface area contributed by atoms with Gasteiger partial charge in [-0.15, -0.1) is 0 Å². The largest absolute Gasteiger partial charge is 0.465 e. The summed E-state index contributed by atoms with van der Waals surface area (Å²) in [6.45, 7) is 0. The van der Waals surface area contributed by atoms with E-state index >= 15 is 0 Å². The summed E-state index contributed by atoms with van der Waals surface area (Å²) in [5.41, 5.74) is 0.0442. The van der Waals surface area contributed by atoms with Gasteiger partial charge in [-0.25, -0.2) is 4.79 Å². The summed E-state index contributed by atoms with van der Waals surface area (Å²) in [7, 11) is 1.20. The van der Waals surface area contributed by atoms with Crippen LogP contribution < -0.4 is 0 Å². The first-order chi connectivity index (χ1) is 6.61. The van der Waals surface area contributed by atoms with Gasteiger partial charge in [-0.2, -0.15) is 0 Å². The fraction of sp³-hybridized carbons (Fsp3) is 0.111. The number of rotatable bonds is 2. The SMILES string of the molecule is COC(=O)c1c(Cl)ccc(Cl)c1C=O. The minimum atomic E-state index is -0.681. The zero-order valence-electron chi connectivity index (χ0n) is 7.21.